The number of nitrogens with two attached hydrogens (primary N) is 1. The maximum atomic E-state index is 12.3. The molecule has 0 aromatic heterocycles. The van der Waals surface area contributed by atoms with Crippen molar-refractivity contribution in [2.75, 3.05) is 12.8 Å². The van der Waals surface area contributed by atoms with Crippen LogP contribution < -0.4 is 15.8 Å². The Balaban J connectivity index is 2.00. The van der Waals surface area contributed by atoms with Crippen LogP contribution >= 0.6 is 0 Å². The van der Waals surface area contributed by atoms with Crippen molar-refractivity contribution >= 4 is 11.6 Å². The smallest absolute Gasteiger partial charge is 0.251 e. The third-order valence-electron chi connectivity index (χ3n) is 4.10. The summed E-state index contributed by atoms with van der Waals surface area (Å²) in [6.07, 6.45) is 4.38. The number of carbonyl (C=O) groups is 1. The lowest BCUT2D eigenvalue weighted by atomic mass is 9.75. The third-order valence-corrected chi connectivity index (χ3v) is 4.10. The molecule has 0 heterocycles. The molecule has 0 spiro atoms. The standard InChI is InChI=1S/C16H24N2O2/c1-16(2)6-4-13(5-7-16)18-15(19)11-8-12(17)10-14(9-11)20-3/h8-10,13H,4-7,17H2,1-3H3,(H,18,19). The highest BCUT2D eigenvalue weighted by Crippen LogP contribution is 2.35. The van der Waals surface area contributed by atoms with Crippen molar-refractivity contribution in [3.63, 3.8) is 0 Å². The van der Waals surface area contributed by atoms with Gasteiger partial charge in [-0.3, -0.25) is 4.79 Å². The van der Waals surface area contributed by atoms with E-state index in [4.69, 9.17) is 10.5 Å². The number of anilines is 1. The normalized spacial score (nSPS) is 18.6. The van der Waals surface area contributed by atoms with Crippen molar-refractivity contribution in [3.8, 4) is 5.75 Å². The van der Waals surface area contributed by atoms with Crippen LogP contribution in [0.5, 0.6) is 5.75 Å². The molecule has 1 aliphatic rings. The number of benzene rings is 1. The first-order valence-corrected chi connectivity index (χ1v) is 7.15. The van der Waals surface area contributed by atoms with Crippen LogP contribution in [0.2, 0.25) is 0 Å². The molecule has 1 aliphatic carbocycles. The lowest BCUT2D eigenvalue weighted by Gasteiger charge is -2.34. The molecule has 0 saturated heterocycles. The zero-order chi connectivity index (χ0) is 14.8. The lowest BCUT2D eigenvalue weighted by Crippen LogP contribution is -2.39. The number of hydrogen-bond acceptors (Lipinski definition) is 3. The van der Waals surface area contributed by atoms with Gasteiger partial charge >= 0.3 is 0 Å². The van der Waals surface area contributed by atoms with Gasteiger partial charge in [-0.15, -0.1) is 0 Å². The van der Waals surface area contributed by atoms with Gasteiger partial charge in [-0.25, -0.2) is 0 Å². The van der Waals surface area contributed by atoms with Crippen molar-refractivity contribution < 1.29 is 9.53 Å². The van der Waals surface area contributed by atoms with Gasteiger partial charge in [-0.2, -0.15) is 0 Å². The molecule has 1 amide bonds. The Morgan fingerprint density at radius 2 is 1.95 bits per heavy atom. The van der Waals surface area contributed by atoms with Gasteiger partial charge in [-0.1, -0.05) is 13.8 Å². The Morgan fingerprint density at radius 3 is 2.55 bits per heavy atom. The minimum absolute atomic E-state index is 0.0692. The van der Waals surface area contributed by atoms with Crippen LogP contribution in [-0.2, 0) is 0 Å². The van der Waals surface area contributed by atoms with Gasteiger partial charge in [0.2, 0.25) is 0 Å². The molecule has 0 atom stereocenters. The average Bonchev–Trinajstić information content (AvgIpc) is 2.40. The fourth-order valence-corrected chi connectivity index (χ4v) is 2.68. The summed E-state index contributed by atoms with van der Waals surface area (Å²) in [4.78, 5) is 12.3. The van der Waals surface area contributed by atoms with Crippen LogP contribution in [0, 0.1) is 5.41 Å². The maximum Gasteiger partial charge on any atom is 0.251 e. The van der Waals surface area contributed by atoms with Crippen LogP contribution in [0.1, 0.15) is 49.9 Å². The lowest BCUT2D eigenvalue weighted by molar-refractivity contribution is 0.0908. The highest BCUT2D eigenvalue weighted by Gasteiger charge is 2.27. The van der Waals surface area contributed by atoms with Crippen molar-refractivity contribution in [3.05, 3.63) is 23.8 Å². The first-order valence-electron chi connectivity index (χ1n) is 7.15. The summed E-state index contributed by atoms with van der Waals surface area (Å²) in [5, 5.41) is 3.10. The van der Waals surface area contributed by atoms with Gasteiger partial charge in [-0.05, 0) is 43.2 Å². The van der Waals surface area contributed by atoms with Crippen LogP contribution in [0.25, 0.3) is 0 Å². The predicted molar refractivity (Wildman–Crippen MR) is 80.9 cm³/mol. The Bertz CT molecular complexity index is 487. The Labute approximate surface area is 120 Å². The van der Waals surface area contributed by atoms with Crippen LogP contribution in [0.15, 0.2) is 18.2 Å². The molecule has 110 valence electrons. The van der Waals surface area contributed by atoms with E-state index in [-0.39, 0.29) is 11.9 Å². The van der Waals surface area contributed by atoms with E-state index in [0.717, 1.165) is 25.7 Å². The van der Waals surface area contributed by atoms with E-state index in [2.05, 4.69) is 19.2 Å². The second-order valence-electron chi connectivity index (χ2n) is 6.41. The molecule has 20 heavy (non-hydrogen) atoms. The molecular formula is C16H24N2O2. The van der Waals surface area contributed by atoms with Gasteiger partial charge < -0.3 is 15.8 Å². The third kappa shape index (κ3) is 3.65. The van der Waals surface area contributed by atoms with E-state index in [9.17, 15) is 4.79 Å². The van der Waals surface area contributed by atoms with Crippen LogP contribution in [-0.4, -0.2) is 19.1 Å². The number of ether oxygens (including phenoxy) is 1. The summed E-state index contributed by atoms with van der Waals surface area (Å²) in [6.45, 7) is 4.57. The van der Waals surface area contributed by atoms with Crippen LogP contribution in [0.4, 0.5) is 5.69 Å². The highest BCUT2D eigenvalue weighted by molar-refractivity contribution is 5.95. The Hall–Kier alpha value is -1.71. The molecule has 1 fully saturated rings. The molecule has 4 nitrogen and oxygen atoms in total. The summed E-state index contributed by atoms with van der Waals surface area (Å²) < 4.78 is 5.14. The number of nitrogen functional groups attached to an aromatic ring is 1. The summed E-state index contributed by atoms with van der Waals surface area (Å²) in [6, 6.07) is 5.38. The van der Waals surface area contributed by atoms with E-state index in [0.29, 0.717) is 22.4 Å². The quantitative estimate of drug-likeness (QED) is 0.834. The average molecular weight is 276 g/mol. The first kappa shape index (κ1) is 14.7. The molecule has 1 saturated carbocycles. The fraction of sp³-hybridized carbons (Fsp3) is 0.562. The number of rotatable bonds is 3. The van der Waals surface area contributed by atoms with Crippen LogP contribution in [0.3, 0.4) is 0 Å². The maximum absolute atomic E-state index is 12.3. The summed E-state index contributed by atoms with van der Waals surface area (Å²) in [5.41, 5.74) is 7.29. The van der Waals surface area contributed by atoms with E-state index in [1.54, 1.807) is 25.3 Å². The predicted octanol–water partition coefficient (Wildman–Crippen LogP) is 2.98. The molecule has 3 N–H and O–H groups in total. The Morgan fingerprint density at radius 1 is 1.30 bits per heavy atom. The van der Waals surface area contributed by atoms with Gasteiger partial charge in [0.05, 0.1) is 7.11 Å². The summed E-state index contributed by atoms with van der Waals surface area (Å²) in [7, 11) is 1.57. The number of amides is 1. The van der Waals surface area contributed by atoms with Gasteiger partial charge in [0.1, 0.15) is 5.75 Å². The van der Waals surface area contributed by atoms with E-state index in [1.807, 2.05) is 0 Å². The van der Waals surface area contributed by atoms with Crippen molar-refractivity contribution in [1.82, 2.24) is 5.32 Å². The SMILES string of the molecule is COc1cc(N)cc(C(=O)NC2CCC(C)(C)CC2)c1. The molecule has 4 heteroatoms. The number of methoxy groups -OCH3 is 1. The molecule has 1 aromatic rings. The minimum Gasteiger partial charge on any atom is -0.497 e. The molecule has 0 unspecified atom stereocenters. The highest BCUT2D eigenvalue weighted by atomic mass is 16.5. The second-order valence-corrected chi connectivity index (χ2v) is 6.41. The first-order chi connectivity index (χ1) is 9.39. The molecule has 0 radical (unpaired) electrons. The van der Waals surface area contributed by atoms with E-state index in [1.165, 1.54) is 0 Å². The largest absolute Gasteiger partial charge is 0.497 e. The second kappa shape index (κ2) is 5.73. The van der Waals surface area contributed by atoms with Crippen molar-refractivity contribution in [2.24, 2.45) is 5.41 Å². The van der Waals surface area contributed by atoms with Gasteiger partial charge in [0.25, 0.3) is 5.91 Å². The van der Waals surface area contributed by atoms with Gasteiger partial charge in [0.15, 0.2) is 0 Å². The van der Waals surface area contributed by atoms with Crippen molar-refractivity contribution in [1.29, 1.82) is 0 Å². The fourth-order valence-electron chi connectivity index (χ4n) is 2.68. The number of nitrogens with one attached hydrogen (secondary N) is 1. The minimum atomic E-state index is -0.0692. The van der Waals surface area contributed by atoms with Crippen molar-refractivity contribution in [2.45, 2.75) is 45.6 Å². The monoisotopic (exact) mass is 276 g/mol. The zero-order valence-corrected chi connectivity index (χ0v) is 12.5. The van der Waals surface area contributed by atoms with E-state index < -0.39 is 0 Å². The topological polar surface area (TPSA) is 64.3 Å². The summed E-state index contributed by atoms with van der Waals surface area (Å²) in [5.74, 6) is 0.542. The molecule has 0 aliphatic heterocycles. The molecule has 1 aromatic carbocycles. The van der Waals surface area contributed by atoms with E-state index >= 15 is 0 Å². The summed E-state index contributed by atoms with van der Waals surface area (Å²) >= 11 is 0. The molecular weight excluding hydrogens is 252 g/mol. The van der Waals surface area contributed by atoms with Gasteiger partial charge in [0, 0.05) is 23.4 Å². The number of hydrogen-bond donors (Lipinski definition) is 2. The molecule has 0 bridgehead atoms. The Kier molecular flexibility index (Phi) is 4.21. The molecule has 2 rings (SSSR count). The number of carbonyl (C=O) groups excluding carboxylic acids is 1. The zero-order valence-electron chi connectivity index (χ0n) is 12.5.